The van der Waals surface area contributed by atoms with Crippen molar-refractivity contribution >= 4 is 0 Å². The molecule has 17 heavy (non-hydrogen) atoms. The first-order valence-electron chi connectivity index (χ1n) is 5.96. The molecule has 0 aromatic carbocycles. The first-order valence-corrected chi connectivity index (χ1v) is 5.96. The van der Waals surface area contributed by atoms with Gasteiger partial charge >= 0.3 is 0 Å². The minimum atomic E-state index is -0.683. The number of hydrogen-bond acceptors (Lipinski definition) is 4. The number of rotatable bonds is 7. The number of methoxy groups -OCH3 is 1. The van der Waals surface area contributed by atoms with E-state index in [9.17, 15) is 5.11 Å². The van der Waals surface area contributed by atoms with Crippen LogP contribution in [0.4, 0.5) is 0 Å². The second-order valence-corrected chi connectivity index (χ2v) is 4.92. The van der Waals surface area contributed by atoms with E-state index in [1.54, 1.807) is 7.11 Å². The van der Waals surface area contributed by atoms with Crippen molar-refractivity contribution in [1.82, 2.24) is 4.90 Å². The molecule has 98 valence electrons. The summed E-state index contributed by atoms with van der Waals surface area (Å²) < 4.78 is 10.6. The summed E-state index contributed by atoms with van der Waals surface area (Å²) >= 11 is 0. The topological polar surface area (TPSA) is 45.8 Å². The van der Waals surface area contributed by atoms with Crippen LogP contribution in [0.3, 0.4) is 0 Å². The Hall–Kier alpha value is -0.840. The van der Waals surface area contributed by atoms with E-state index < -0.39 is 5.60 Å². The Kier molecular flexibility index (Phi) is 5.18. The third kappa shape index (κ3) is 5.35. The van der Waals surface area contributed by atoms with Gasteiger partial charge in [0.25, 0.3) is 0 Å². The molecular formula is C13H23NO3. The Balaban J connectivity index is 2.54. The number of hydrogen-bond donors (Lipinski definition) is 1. The summed E-state index contributed by atoms with van der Waals surface area (Å²) in [4.78, 5) is 2.15. The van der Waals surface area contributed by atoms with Gasteiger partial charge in [-0.1, -0.05) is 6.92 Å². The molecule has 1 aromatic heterocycles. The van der Waals surface area contributed by atoms with Gasteiger partial charge in [0.15, 0.2) is 0 Å². The van der Waals surface area contributed by atoms with Crippen LogP contribution >= 0.6 is 0 Å². The molecule has 0 spiro atoms. The fraction of sp³-hybridized carbons (Fsp3) is 0.692. The second-order valence-electron chi connectivity index (χ2n) is 4.92. The maximum atomic E-state index is 9.79. The van der Waals surface area contributed by atoms with Crippen molar-refractivity contribution in [3.8, 4) is 0 Å². The van der Waals surface area contributed by atoms with Gasteiger partial charge in [0.1, 0.15) is 18.1 Å². The zero-order valence-corrected chi connectivity index (χ0v) is 11.2. The average molecular weight is 241 g/mol. The van der Waals surface area contributed by atoms with E-state index in [2.05, 4.69) is 11.8 Å². The van der Waals surface area contributed by atoms with Crippen LogP contribution in [0.15, 0.2) is 16.5 Å². The van der Waals surface area contributed by atoms with Crippen LogP contribution in [0.25, 0.3) is 0 Å². The highest BCUT2D eigenvalue weighted by molar-refractivity contribution is 5.06. The summed E-state index contributed by atoms with van der Waals surface area (Å²) in [6.07, 6.45) is 0. The fourth-order valence-corrected chi connectivity index (χ4v) is 1.77. The molecule has 1 aromatic rings. The Labute approximate surface area is 103 Å². The molecule has 0 atom stereocenters. The summed E-state index contributed by atoms with van der Waals surface area (Å²) in [7, 11) is 1.65. The smallest absolute Gasteiger partial charge is 0.129 e. The lowest BCUT2D eigenvalue weighted by Gasteiger charge is -2.27. The molecule has 0 aliphatic heterocycles. The van der Waals surface area contributed by atoms with Gasteiger partial charge in [0.2, 0.25) is 0 Å². The van der Waals surface area contributed by atoms with Gasteiger partial charge in [-0.3, -0.25) is 4.90 Å². The van der Waals surface area contributed by atoms with Gasteiger partial charge in [-0.25, -0.2) is 0 Å². The summed E-state index contributed by atoms with van der Waals surface area (Å²) in [5.74, 6) is 1.74. The van der Waals surface area contributed by atoms with Crippen molar-refractivity contribution in [3.05, 3.63) is 23.7 Å². The standard InChI is InChI=1S/C13H23NO3/c1-5-14(10-13(2,3)15)8-11-6-7-12(17-11)9-16-4/h6-7,15H,5,8-10H2,1-4H3. The zero-order valence-electron chi connectivity index (χ0n) is 11.2. The molecule has 0 aliphatic rings. The molecule has 4 nitrogen and oxygen atoms in total. The molecule has 0 radical (unpaired) electrons. The maximum absolute atomic E-state index is 9.79. The van der Waals surface area contributed by atoms with Crippen LogP contribution in [-0.4, -0.2) is 35.8 Å². The molecule has 0 saturated carbocycles. The molecule has 0 fully saturated rings. The molecule has 0 aliphatic carbocycles. The van der Waals surface area contributed by atoms with Crippen LogP contribution in [0.2, 0.25) is 0 Å². The van der Waals surface area contributed by atoms with Gasteiger partial charge in [-0.15, -0.1) is 0 Å². The fourth-order valence-electron chi connectivity index (χ4n) is 1.77. The molecule has 4 heteroatoms. The van der Waals surface area contributed by atoms with Gasteiger partial charge in [0, 0.05) is 13.7 Å². The minimum Gasteiger partial charge on any atom is -0.462 e. The lowest BCUT2D eigenvalue weighted by Crippen LogP contribution is -2.38. The summed E-state index contributed by atoms with van der Waals surface area (Å²) in [6, 6.07) is 3.89. The Morgan fingerprint density at radius 1 is 1.35 bits per heavy atom. The van der Waals surface area contributed by atoms with E-state index in [0.717, 1.165) is 18.1 Å². The Bertz CT molecular complexity index is 328. The number of likely N-dealkylation sites (N-methyl/N-ethyl adjacent to an activating group) is 1. The lowest BCUT2D eigenvalue weighted by atomic mass is 10.1. The predicted molar refractivity (Wildman–Crippen MR) is 66.7 cm³/mol. The quantitative estimate of drug-likeness (QED) is 0.793. The Morgan fingerprint density at radius 2 is 2.00 bits per heavy atom. The third-order valence-electron chi connectivity index (χ3n) is 2.44. The Morgan fingerprint density at radius 3 is 2.53 bits per heavy atom. The van der Waals surface area contributed by atoms with Gasteiger partial charge in [0.05, 0.1) is 12.1 Å². The second kappa shape index (κ2) is 6.19. The van der Waals surface area contributed by atoms with E-state index in [4.69, 9.17) is 9.15 Å². The van der Waals surface area contributed by atoms with E-state index in [0.29, 0.717) is 19.7 Å². The number of nitrogens with zero attached hydrogens (tertiary/aromatic N) is 1. The average Bonchev–Trinajstić information content (AvgIpc) is 2.63. The minimum absolute atomic E-state index is 0.498. The van der Waals surface area contributed by atoms with E-state index in [1.165, 1.54) is 0 Å². The molecule has 1 rings (SSSR count). The van der Waals surface area contributed by atoms with Crippen molar-refractivity contribution < 1.29 is 14.3 Å². The molecular weight excluding hydrogens is 218 g/mol. The molecule has 0 amide bonds. The highest BCUT2D eigenvalue weighted by atomic mass is 16.5. The number of aliphatic hydroxyl groups is 1. The largest absolute Gasteiger partial charge is 0.462 e. The molecule has 0 saturated heterocycles. The number of furan rings is 1. The van der Waals surface area contributed by atoms with Crippen molar-refractivity contribution in [3.63, 3.8) is 0 Å². The third-order valence-corrected chi connectivity index (χ3v) is 2.44. The lowest BCUT2D eigenvalue weighted by molar-refractivity contribution is 0.0330. The monoisotopic (exact) mass is 241 g/mol. The maximum Gasteiger partial charge on any atom is 0.129 e. The summed E-state index contributed by atoms with van der Waals surface area (Å²) in [5, 5.41) is 9.79. The normalized spacial score (nSPS) is 12.4. The van der Waals surface area contributed by atoms with Crippen LogP contribution in [0, 0.1) is 0 Å². The van der Waals surface area contributed by atoms with Crippen LogP contribution in [0.1, 0.15) is 32.3 Å². The van der Waals surface area contributed by atoms with Crippen LogP contribution < -0.4 is 0 Å². The van der Waals surface area contributed by atoms with E-state index in [-0.39, 0.29) is 0 Å². The van der Waals surface area contributed by atoms with Crippen molar-refractivity contribution in [2.24, 2.45) is 0 Å². The predicted octanol–water partition coefficient (Wildman–Crippen LogP) is 2.02. The summed E-state index contributed by atoms with van der Waals surface area (Å²) in [6.45, 7) is 8.42. The van der Waals surface area contributed by atoms with Gasteiger partial charge in [-0.05, 0) is 32.5 Å². The SMILES string of the molecule is CCN(Cc1ccc(COC)o1)CC(C)(C)O. The molecule has 0 unspecified atom stereocenters. The highest BCUT2D eigenvalue weighted by Crippen LogP contribution is 2.13. The van der Waals surface area contributed by atoms with E-state index >= 15 is 0 Å². The molecule has 0 bridgehead atoms. The van der Waals surface area contributed by atoms with Crippen molar-refractivity contribution in [1.29, 1.82) is 0 Å². The van der Waals surface area contributed by atoms with Crippen LogP contribution in [-0.2, 0) is 17.9 Å². The van der Waals surface area contributed by atoms with Crippen LogP contribution in [0.5, 0.6) is 0 Å². The number of ether oxygens (including phenoxy) is 1. The van der Waals surface area contributed by atoms with Crippen molar-refractivity contribution in [2.75, 3.05) is 20.2 Å². The molecule has 1 heterocycles. The first-order chi connectivity index (χ1) is 7.94. The van der Waals surface area contributed by atoms with Gasteiger partial charge in [-0.2, -0.15) is 0 Å². The zero-order chi connectivity index (χ0) is 12.9. The van der Waals surface area contributed by atoms with Crippen molar-refractivity contribution in [2.45, 2.75) is 39.5 Å². The first kappa shape index (κ1) is 14.2. The highest BCUT2D eigenvalue weighted by Gasteiger charge is 2.18. The van der Waals surface area contributed by atoms with E-state index in [1.807, 2.05) is 26.0 Å². The molecule has 1 N–H and O–H groups in total. The summed E-state index contributed by atoms with van der Waals surface area (Å²) in [5.41, 5.74) is -0.683. The van der Waals surface area contributed by atoms with Gasteiger partial charge < -0.3 is 14.3 Å².